The van der Waals surface area contributed by atoms with Gasteiger partial charge in [0.1, 0.15) is 34.5 Å². The zero-order chi connectivity index (χ0) is 22.2. The molecule has 0 radical (unpaired) electrons. The fourth-order valence-electron chi connectivity index (χ4n) is 1.76. The molecule has 0 amide bonds. The van der Waals surface area contributed by atoms with Gasteiger partial charge < -0.3 is 30.6 Å². The van der Waals surface area contributed by atoms with Crippen molar-refractivity contribution in [1.29, 1.82) is 0 Å². The van der Waals surface area contributed by atoms with Crippen molar-refractivity contribution in [1.82, 2.24) is 0 Å². The van der Waals surface area contributed by atoms with Crippen molar-refractivity contribution < 1.29 is 30.6 Å². The van der Waals surface area contributed by atoms with Crippen molar-refractivity contribution in [2.75, 3.05) is 0 Å². The smallest absolute Gasteiger partial charge is 0.115 e. The molecule has 0 aliphatic carbocycles. The summed E-state index contributed by atoms with van der Waals surface area (Å²) in [7, 11) is 0. The number of benzene rings is 4. The summed E-state index contributed by atoms with van der Waals surface area (Å²) in [6, 6.07) is 28.8. The van der Waals surface area contributed by atoms with Crippen LogP contribution in [0.3, 0.4) is 0 Å². The van der Waals surface area contributed by atoms with Gasteiger partial charge in [-0.2, -0.15) is 0 Å². The highest BCUT2D eigenvalue weighted by Gasteiger charge is 1.85. The van der Waals surface area contributed by atoms with E-state index in [1.807, 2.05) is 12.1 Å². The van der Waals surface area contributed by atoms with Gasteiger partial charge in [-0.3, -0.25) is 0 Å². The third kappa shape index (κ3) is 14.3. The van der Waals surface area contributed by atoms with Gasteiger partial charge in [0.25, 0.3) is 0 Å². The highest BCUT2D eigenvalue weighted by atomic mass is 16.3. The van der Waals surface area contributed by atoms with Crippen molar-refractivity contribution in [3.05, 3.63) is 109 Å². The minimum Gasteiger partial charge on any atom is -0.508 e. The van der Waals surface area contributed by atoms with Crippen LogP contribution in [0.1, 0.15) is 7.43 Å². The van der Waals surface area contributed by atoms with Crippen molar-refractivity contribution in [3.8, 4) is 34.5 Å². The number of phenolic OH excluding ortho intramolecular Hbond substituents is 6. The third-order valence-corrected chi connectivity index (χ3v) is 3.21. The van der Waals surface area contributed by atoms with E-state index >= 15 is 0 Å². The number of phenols is 6. The van der Waals surface area contributed by atoms with E-state index < -0.39 is 0 Å². The maximum atomic E-state index is 8.65. The fraction of sp³-hybridized carbons (Fsp3) is 0.0400. The van der Waals surface area contributed by atoms with Gasteiger partial charge in [-0.05, 0) is 72.8 Å². The minimum atomic E-state index is 0. The molecule has 6 nitrogen and oxygen atoms in total. The van der Waals surface area contributed by atoms with Crippen LogP contribution in [-0.2, 0) is 0 Å². The normalized spacial score (nSPS) is 8.52. The number of aromatic hydroxyl groups is 6. The van der Waals surface area contributed by atoms with E-state index in [-0.39, 0.29) is 30.4 Å². The van der Waals surface area contributed by atoms with Crippen molar-refractivity contribution in [2.24, 2.45) is 0 Å². The van der Waals surface area contributed by atoms with E-state index in [0.29, 0.717) is 11.5 Å². The second-order valence-corrected chi connectivity index (χ2v) is 5.70. The summed E-state index contributed by atoms with van der Waals surface area (Å²) in [5.41, 5.74) is 0. The Labute approximate surface area is 182 Å². The number of hydrogen-bond donors (Lipinski definition) is 6. The summed E-state index contributed by atoms with van der Waals surface area (Å²) >= 11 is 0. The van der Waals surface area contributed by atoms with E-state index in [2.05, 4.69) is 0 Å². The van der Waals surface area contributed by atoms with Gasteiger partial charge in [0, 0.05) is 0 Å². The molecule has 31 heavy (non-hydrogen) atoms. The maximum Gasteiger partial charge on any atom is 0.115 e. The first-order valence-corrected chi connectivity index (χ1v) is 8.81. The molecule has 0 saturated heterocycles. The fourth-order valence-corrected chi connectivity index (χ4v) is 1.76. The molecule has 164 valence electrons. The molecule has 4 aromatic rings. The zero-order valence-electron chi connectivity index (χ0n) is 16.1. The van der Waals surface area contributed by atoms with E-state index in [9.17, 15) is 0 Å². The van der Waals surface area contributed by atoms with Crippen molar-refractivity contribution in [2.45, 2.75) is 7.43 Å². The molecule has 0 spiro atoms. The Kier molecular flexibility index (Phi) is 13.4. The molecular formula is C25H28O6. The van der Waals surface area contributed by atoms with E-state index in [1.165, 1.54) is 48.5 Å². The van der Waals surface area contributed by atoms with Crippen LogP contribution < -0.4 is 0 Å². The molecule has 6 heteroatoms. The molecule has 4 rings (SSSR count). The van der Waals surface area contributed by atoms with Gasteiger partial charge in [-0.1, -0.05) is 43.8 Å². The Balaban J connectivity index is 0.000000384. The van der Waals surface area contributed by atoms with Gasteiger partial charge in [-0.15, -0.1) is 0 Å². The van der Waals surface area contributed by atoms with Crippen molar-refractivity contribution in [3.63, 3.8) is 0 Å². The first kappa shape index (κ1) is 26.7. The number of para-hydroxylation sites is 2. The van der Waals surface area contributed by atoms with Crippen LogP contribution in [0.25, 0.3) is 0 Å². The monoisotopic (exact) mass is 424 g/mol. The first-order valence-electron chi connectivity index (χ1n) is 8.81. The van der Waals surface area contributed by atoms with Gasteiger partial charge in [0.15, 0.2) is 0 Å². The molecule has 0 saturated carbocycles. The first-order chi connectivity index (χ1) is 14.4. The van der Waals surface area contributed by atoms with Crippen LogP contribution in [0.5, 0.6) is 34.5 Å². The Bertz CT molecular complexity index is 802. The predicted molar refractivity (Wildman–Crippen MR) is 122 cm³/mol. The molecule has 6 N–H and O–H groups in total. The summed E-state index contributed by atoms with van der Waals surface area (Å²) in [6.07, 6.45) is 0. The predicted octanol–water partition coefficient (Wildman–Crippen LogP) is 5.62. The van der Waals surface area contributed by atoms with Gasteiger partial charge >= 0.3 is 0 Å². The lowest BCUT2D eigenvalue weighted by molar-refractivity contribution is 0.460. The van der Waals surface area contributed by atoms with E-state index in [4.69, 9.17) is 30.6 Å². The molecule has 0 aliphatic heterocycles. The van der Waals surface area contributed by atoms with Crippen molar-refractivity contribution >= 4 is 0 Å². The third-order valence-electron chi connectivity index (χ3n) is 3.21. The summed E-state index contributed by atoms with van der Waals surface area (Å²) < 4.78 is 0. The lowest BCUT2D eigenvalue weighted by Gasteiger charge is -1.88. The van der Waals surface area contributed by atoms with Crippen LogP contribution in [-0.4, -0.2) is 30.6 Å². The highest BCUT2D eigenvalue weighted by Crippen LogP contribution is 2.13. The van der Waals surface area contributed by atoms with Crippen LogP contribution in [0, 0.1) is 0 Å². The number of rotatable bonds is 0. The van der Waals surface area contributed by atoms with Crippen LogP contribution in [0.4, 0.5) is 0 Å². The summed E-state index contributed by atoms with van der Waals surface area (Å²) in [6.45, 7) is 0. The van der Waals surface area contributed by atoms with Crippen LogP contribution in [0.2, 0.25) is 0 Å². The lowest BCUT2D eigenvalue weighted by atomic mass is 10.3. The lowest BCUT2D eigenvalue weighted by Crippen LogP contribution is -1.61. The molecule has 0 aromatic heterocycles. The van der Waals surface area contributed by atoms with E-state index in [0.717, 1.165) is 0 Å². The molecule has 0 atom stereocenters. The van der Waals surface area contributed by atoms with E-state index in [1.54, 1.807) is 48.5 Å². The van der Waals surface area contributed by atoms with Crippen LogP contribution >= 0.6 is 0 Å². The highest BCUT2D eigenvalue weighted by molar-refractivity contribution is 5.29. The average Bonchev–Trinajstić information content (AvgIpc) is 2.75. The Morgan fingerprint density at radius 2 is 0.419 bits per heavy atom. The molecule has 0 fully saturated rings. The van der Waals surface area contributed by atoms with Crippen LogP contribution in [0.15, 0.2) is 109 Å². The SMILES string of the molecule is C.Oc1ccc(O)cc1.Oc1ccc(O)cc1.Oc1ccccc1.Oc1ccccc1. The maximum absolute atomic E-state index is 8.65. The molecule has 0 aliphatic rings. The molecular weight excluding hydrogens is 396 g/mol. The molecule has 0 heterocycles. The zero-order valence-corrected chi connectivity index (χ0v) is 16.1. The standard InChI is InChI=1S/2C6H6O2.2C6H6O.CH4/c2*7-5-1-2-6(8)4-3-5;2*7-6-4-2-1-3-5-6;/h2*1-4,7-8H;2*1-5,7H;1H4. The van der Waals surface area contributed by atoms with Gasteiger partial charge in [0.05, 0.1) is 0 Å². The molecule has 4 aromatic carbocycles. The largest absolute Gasteiger partial charge is 0.508 e. The minimum absolute atomic E-state index is 0. The number of hydrogen-bond acceptors (Lipinski definition) is 6. The van der Waals surface area contributed by atoms with Gasteiger partial charge in [0.2, 0.25) is 0 Å². The Morgan fingerprint density at radius 3 is 0.548 bits per heavy atom. The molecule has 0 bridgehead atoms. The second-order valence-electron chi connectivity index (χ2n) is 5.70. The Morgan fingerprint density at radius 1 is 0.258 bits per heavy atom. The topological polar surface area (TPSA) is 121 Å². The average molecular weight is 424 g/mol. The quantitative estimate of drug-likeness (QED) is 0.204. The summed E-state index contributed by atoms with van der Waals surface area (Å²) in [5.74, 6) is 1.32. The Hall–Kier alpha value is -4.32. The molecule has 0 unspecified atom stereocenters. The summed E-state index contributed by atoms with van der Waals surface area (Å²) in [4.78, 5) is 0. The van der Waals surface area contributed by atoms with Gasteiger partial charge in [-0.25, -0.2) is 0 Å². The summed E-state index contributed by atoms with van der Waals surface area (Å²) in [5, 5.41) is 51.8. The second kappa shape index (κ2) is 15.6.